The molecule has 0 aromatic heterocycles. The third-order valence-electron chi connectivity index (χ3n) is 1.50. The van der Waals surface area contributed by atoms with Crippen LogP contribution < -0.4 is 0 Å². The van der Waals surface area contributed by atoms with Crippen LogP contribution in [0.4, 0.5) is 4.39 Å². The monoisotopic (exact) mass is 222 g/mol. The van der Waals surface area contributed by atoms with Gasteiger partial charge in [0.05, 0.1) is 0 Å². The molecule has 0 bridgehead atoms. The summed E-state index contributed by atoms with van der Waals surface area (Å²) in [5.41, 5.74) is 1.24. The lowest BCUT2D eigenvalue weighted by molar-refractivity contribution is 0.524. The van der Waals surface area contributed by atoms with E-state index in [1.165, 1.54) is 5.57 Å². The molecule has 0 aliphatic carbocycles. The third-order valence-corrected chi connectivity index (χ3v) is 1.77. The van der Waals surface area contributed by atoms with Crippen LogP contribution in [-0.2, 0) is 0 Å². The first kappa shape index (κ1) is 11.2. The zero-order valence-electron chi connectivity index (χ0n) is 7.24. The normalized spacial score (nSPS) is 12.7. The lowest BCUT2D eigenvalue weighted by Gasteiger charge is -2.03. The van der Waals surface area contributed by atoms with Crippen molar-refractivity contribution in [3.8, 4) is 0 Å². The van der Waals surface area contributed by atoms with Crippen molar-refractivity contribution in [2.24, 2.45) is 0 Å². The average Bonchev–Trinajstić information content (AvgIpc) is 1.87. The summed E-state index contributed by atoms with van der Waals surface area (Å²) < 4.78 is 12.4. The molecule has 0 saturated heterocycles. The molecule has 1 unspecified atom stereocenters. The van der Waals surface area contributed by atoms with Gasteiger partial charge in [-0.3, -0.25) is 0 Å². The standard InChI is InChI=1S/C9H16BrF/c1-3-5-8(6-4-2)7-9(10)11/h7,9H,3-6H2,1-2H3. The number of halogens is 2. The minimum atomic E-state index is -0.962. The summed E-state index contributed by atoms with van der Waals surface area (Å²) in [4.78, 5) is 0. The second-order valence-electron chi connectivity index (χ2n) is 2.66. The Balaban J connectivity index is 3.86. The largest absolute Gasteiger partial charge is 0.230 e. The first-order valence-corrected chi connectivity index (χ1v) is 5.10. The van der Waals surface area contributed by atoms with Crippen LogP contribution in [0.25, 0.3) is 0 Å². The summed E-state index contributed by atoms with van der Waals surface area (Å²) in [7, 11) is 0. The van der Waals surface area contributed by atoms with Gasteiger partial charge in [0.15, 0.2) is 5.08 Å². The van der Waals surface area contributed by atoms with Crippen molar-refractivity contribution in [3.63, 3.8) is 0 Å². The molecule has 0 rings (SSSR count). The fourth-order valence-electron chi connectivity index (χ4n) is 1.11. The zero-order chi connectivity index (χ0) is 8.69. The van der Waals surface area contributed by atoms with Gasteiger partial charge in [-0.15, -0.1) is 0 Å². The summed E-state index contributed by atoms with van der Waals surface area (Å²) in [6.07, 6.45) is 5.93. The maximum Gasteiger partial charge on any atom is 0.173 e. The molecule has 1 atom stereocenters. The van der Waals surface area contributed by atoms with E-state index in [1.54, 1.807) is 6.08 Å². The molecular weight excluding hydrogens is 207 g/mol. The quantitative estimate of drug-likeness (QED) is 0.484. The van der Waals surface area contributed by atoms with Crippen molar-refractivity contribution in [2.75, 3.05) is 0 Å². The summed E-state index contributed by atoms with van der Waals surface area (Å²) in [5.74, 6) is 0. The Morgan fingerprint density at radius 3 is 2.09 bits per heavy atom. The van der Waals surface area contributed by atoms with Crippen LogP contribution in [0.2, 0.25) is 0 Å². The van der Waals surface area contributed by atoms with Gasteiger partial charge in [0.25, 0.3) is 0 Å². The highest BCUT2D eigenvalue weighted by Gasteiger charge is 1.99. The van der Waals surface area contributed by atoms with E-state index in [2.05, 4.69) is 29.8 Å². The van der Waals surface area contributed by atoms with Crippen LogP contribution >= 0.6 is 15.9 Å². The summed E-state index contributed by atoms with van der Waals surface area (Å²) in [6, 6.07) is 0. The lowest BCUT2D eigenvalue weighted by atomic mass is 10.1. The molecule has 0 radical (unpaired) electrons. The number of rotatable bonds is 5. The Labute approximate surface area is 77.0 Å². The maximum atomic E-state index is 12.4. The third kappa shape index (κ3) is 6.54. The van der Waals surface area contributed by atoms with Crippen LogP contribution in [-0.4, -0.2) is 5.08 Å². The summed E-state index contributed by atoms with van der Waals surface area (Å²) >= 11 is 2.87. The molecule has 0 aromatic rings. The second-order valence-corrected chi connectivity index (χ2v) is 3.53. The van der Waals surface area contributed by atoms with Crippen LogP contribution in [0.5, 0.6) is 0 Å². The lowest BCUT2D eigenvalue weighted by Crippen LogP contribution is -1.88. The smallest absolute Gasteiger partial charge is 0.173 e. The molecule has 0 nitrogen and oxygen atoms in total. The molecule has 0 fully saturated rings. The molecule has 11 heavy (non-hydrogen) atoms. The highest BCUT2D eigenvalue weighted by Crippen LogP contribution is 2.15. The van der Waals surface area contributed by atoms with Gasteiger partial charge < -0.3 is 0 Å². The second kappa shape index (κ2) is 6.84. The van der Waals surface area contributed by atoms with Crippen molar-refractivity contribution >= 4 is 15.9 Å². The van der Waals surface area contributed by atoms with Crippen LogP contribution in [0.3, 0.4) is 0 Å². The van der Waals surface area contributed by atoms with Gasteiger partial charge in [-0.2, -0.15) is 0 Å². The van der Waals surface area contributed by atoms with Gasteiger partial charge in [-0.05, 0) is 34.8 Å². The maximum absolute atomic E-state index is 12.4. The van der Waals surface area contributed by atoms with E-state index < -0.39 is 5.08 Å². The van der Waals surface area contributed by atoms with Crippen molar-refractivity contribution in [1.29, 1.82) is 0 Å². The van der Waals surface area contributed by atoms with Crippen molar-refractivity contribution < 1.29 is 4.39 Å². The summed E-state index contributed by atoms with van der Waals surface area (Å²) in [5, 5.41) is -0.962. The molecule has 0 saturated carbocycles. The van der Waals surface area contributed by atoms with Gasteiger partial charge in [0, 0.05) is 0 Å². The first-order valence-electron chi connectivity index (χ1n) is 4.18. The summed E-state index contributed by atoms with van der Waals surface area (Å²) in [6.45, 7) is 4.23. The highest BCUT2D eigenvalue weighted by atomic mass is 79.9. The molecular formula is C9H16BrF. The molecule has 0 spiro atoms. The van der Waals surface area contributed by atoms with Crippen LogP contribution in [0.15, 0.2) is 11.6 Å². The minimum Gasteiger partial charge on any atom is -0.230 e. The van der Waals surface area contributed by atoms with Gasteiger partial charge in [-0.1, -0.05) is 32.3 Å². The number of hydrogen-bond donors (Lipinski definition) is 0. The molecule has 0 amide bonds. The fraction of sp³-hybridized carbons (Fsp3) is 0.778. The molecule has 0 aliphatic rings. The van der Waals surface area contributed by atoms with E-state index in [0.29, 0.717) is 0 Å². The number of hydrogen-bond acceptors (Lipinski definition) is 0. The Morgan fingerprint density at radius 1 is 1.36 bits per heavy atom. The van der Waals surface area contributed by atoms with Crippen LogP contribution in [0.1, 0.15) is 39.5 Å². The van der Waals surface area contributed by atoms with E-state index in [0.717, 1.165) is 25.7 Å². The Morgan fingerprint density at radius 2 is 1.82 bits per heavy atom. The van der Waals surface area contributed by atoms with Crippen molar-refractivity contribution in [3.05, 3.63) is 11.6 Å². The Bertz CT molecular complexity index is 111. The SMILES string of the molecule is CCCC(=CC(F)Br)CCC. The minimum absolute atomic E-state index is 0.962. The van der Waals surface area contributed by atoms with E-state index in [1.807, 2.05) is 0 Å². The van der Waals surface area contributed by atoms with Crippen LogP contribution in [0, 0.1) is 0 Å². The number of alkyl halides is 2. The fourth-order valence-corrected chi connectivity index (χ4v) is 1.49. The van der Waals surface area contributed by atoms with Gasteiger partial charge >= 0.3 is 0 Å². The zero-order valence-corrected chi connectivity index (χ0v) is 8.83. The first-order chi connectivity index (χ1) is 5.20. The average molecular weight is 223 g/mol. The molecule has 0 aliphatic heterocycles. The Hall–Kier alpha value is 0.150. The topological polar surface area (TPSA) is 0 Å². The van der Waals surface area contributed by atoms with Crippen molar-refractivity contribution in [2.45, 2.75) is 44.6 Å². The Kier molecular flexibility index (Phi) is 6.93. The van der Waals surface area contributed by atoms with Gasteiger partial charge in [0.1, 0.15) is 0 Å². The predicted molar refractivity (Wildman–Crippen MR) is 51.7 cm³/mol. The highest BCUT2D eigenvalue weighted by molar-refractivity contribution is 9.09. The molecule has 0 N–H and O–H groups in total. The van der Waals surface area contributed by atoms with E-state index in [-0.39, 0.29) is 0 Å². The van der Waals surface area contributed by atoms with E-state index in [9.17, 15) is 4.39 Å². The van der Waals surface area contributed by atoms with Gasteiger partial charge in [-0.25, -0.2) is 4.39 Å². The van der Waals surface area contributed by atoms with E-state index >= 15 is 0 Å². The molecule has 0 heterocycles. The molecule has 2 heteroatoms. The van der Waals surface area contributed by atoms with Crippen molar-refractivity contribution in [1.82, 2.24) is 0 Å². The molecule has 0 aromatic carbocycles. The van der Waals surface area contributed by atoms with E-state index in [4.69, 9.17) is 0 Å². The predicted octanol–water partition coefficient (Wildman–Crippen LogP) is 4.20. The molecule has 66 valence electrons. The van der Waals surface area contributed by atoms with Gasteiger partial charge in [0.2, 0.25) is 0 Å². The number of allylic oxidation sites excluding steroid dienone is 2.